The van der Waals surface area contributed by atoms with E-state index in [-0.39, 0.29) is 0 Å². The molecule has 1 unspecified atom stereocenters. The maximum absolute atomic E-state index is 5.92. The predicted molar refractivity (Wildman–Crippen MR) is 97.8 cm³/mol. The lowest BCUT2D eigenvalue weighted by molar-refractivity contribution is 0.114. The standard InChI is InChI=1S/C19H25N3O2/c1-20-19(22-14-16-8-5-12-23-16)21-11-13-24-18-10-4-7-15-6-2-3-9-17(15)18/h2-4,6-7,9-10,16H,5,8,11-14H2,1H3,(H2,20,21,22). The first-order chi connectivity index (χ1) is 11.9. The van der Waals surface area contributed by atoms with E-state index in [1.807, 2.05) is 24.3 Å². The topological polar surface area (TPSA) is 54.9 Å². The third-order valence-electron chi connectivity index (χ3n) is 4.15. The van der Waals surface area contributed by atoms with Crippen LogP contribution in [0.4, 0.5) is 0 Å². The van der Waals surface area contributed by atoms with Gasteiger partial charge in [0.1, 0.15) is 12.4 Å². The number of guanidine groups is 1. The largest absolute Gasteiger partial charge is 0.491 e. The highest BCUT2D eigenvalue weighted by atomic mass is 16.5. The summed E-state index contributed by atoms with van der Waals surface area (Å²) in [5, 5.41) is 8.90. The first kappa shape index (κ1) is 16.6. The first-order valence-electron chi connectivity index (χ1n) is 8.53. The lowest BCUT2D eigenvalue weighted by atomic mass is 10.1. The van der Waals surface area contributed by atoms with Crippen molar-refractivity contribution in [2.75, 3.05) is 33.4 Å². The highest BCUT2D eigenvalue weighted by Crippen LogP contribution is 2.24. The van der Waals surface area contributed by atoms with Gasteiger partial charge in [-0.1, -0.05) is 36.4 Å². The minimum atomic E-state index is 0.301. The van der Waals surface area contributed by atoms with E-state index in [9.17, 15) is 0 Å². The molecule has 0 spiro atoms. The van der Waals surface area contributed by atoms with E-state index >= 15 is 0 Å². The van der Waals surface area contributed by atoms with E-state index in [0.717, 1.165) is 43.1 Å². The number of rotatable bonds is 6. The normalized spacial score (nSPS) is 17.9. The zero-order chi connectivity index (χ0) is 16.6. The molecule has 128 valence electrons. The van der Waals surface area contributed by atoms with Crippen molar-refractivity contribution in [1.82, 2.24) is 10.6 Å². The third kappa shape index (κ3) is 4.38. The summed E-state index contributed by atoms with van der Waals surface area (Å²) in [7, 11) is 1.77. The lowest BCUT2D eigenvalue weighted by Crippen LogP contribution is -2.42. The van der Waals surface area contributed by atoms with Crippen LogP contribution in [0.5, 0.6) is 5.75 Å². The minimum absolute atomic E-state index is 0.301. The molecule has 1 fully saturated rings. The summed E-state index contributed by atoms with van der Waals surface area (Å²) >= 11 is 0. The van der Waals surface area contributed by atoms with Crippen molar-refractivity contribution < 1.29 is 9.47 Å². The molecule has 1 atom stereocenters. The summed E-state index contributed by atoms with van der Waals surface area (Å²) in [6.07, 6.45) is 2.57. The van der Waals surface area contributed by atoms with Crippen molar-refractivity contribution in [3.8, 4) is 5.75 Å². The van der Waals surface area contributed by atoms with E-state index in [1.165, 1.54) is 5.39 Å². The van der Waals surface area contributed by atoms with Crippen LogP contribution in [0.2, 0.25) is 0 Å². The van der Waals surface area contributed by atoms with E-state index in [2.05, 4.69) is 33.8 Å². The number of hydrogen-bond acceptors (Lipinski definition) is 3. The smallest absolute Gasteiger partial charge is 0.191 e. The van der Waals surface area contributed by atoms with Gasteiger partial charge in [0.25, 0.3) is 0 Å². The Bertz CT molecular complexity index is 676. The fraction of sp³-hybridized carbons (Fsp3) is 0.421. The predicted octanol–water partition coefficient (Wildman–Crippen LogP) is 2.56. The highest BCUT2D eigenvalue weighted by Gasteiger charge is 2.15. The molecule has 1 saturated heterocycles. The number of benzene rings is 2. The van der Waals surface area contributed by atoms with Gasteiger partial charge in [0, 0.05) is 25.6 Å². The monoisotopic (exact) mass is 327 g/mol. The van der Waals surface area contributed by atoms with Gasteiger partial charge >= 0.3 is 0 Å². The van der Waals surface area contributed by atoms with Crippen LogP contribution in [0.3, 0.4) is 0 Å². The van der Waals surface area contributed by atoms with Crippen LogP contribution in [0.25, 0.3) is 10.8 Å². The average Bonchev–Trinajstić information content (AvgIpc) is 3.15. The van der Waals surface area contributed by atoms with Crippen LogP contribution in [0.15, 0.2) is 47.5 Å². The lowest BCUT2D eigenvalue weighted by Gasteiger charge is -2.15. The fourth-order valence-electron chi connectivity index (χ4n) is 2.89. The molecule has 0 aliphatic carbocycles. The molecule has 2 aromatic rings. The molecule has 5 heteroatoms. The van der Waals surface area contributed by atoms with Crippen molar-refractivity contribution in [3.63, 3.8) is 0 Å². The van der Waals surface area contributed by atoms with Crippen molar-refractivity contribution in [3.05, 3.63) is 42.5 Å². The number of nitrogens with zero attached hydrogens (tertiary/aromatic N) is 1. The van der Waals surface area contributed by atoms with Crippen molar-refractivity contribution in [2.24, 2.45) is 4.99 Å². The molecule has 0 amide bonds. The van der Waals surface area contributed by atoms with Crippen LogP contribution >= 0.6 is 0 Å². The molecule has 1 aliphatic heterocycles. The second-order valence-electron chi connectivity index (χ2n) is 5.84. The Kier molecular flexibility index (Phi) is 5.90. The van der Waals surface area contributed by atoms with Gasteiger partial charge in [0.15, 0.2) is 5.96 Å². The summed E-state index contributed by atoms with van der Waals surface area (Å²) in [5.41, 5.74) is 0. The summed E-state index contributed by atoms with van der Waals surface area (Å²) in [6, 6.07) is 14.4. The van der Waals surface area contributed by atoms with Gasteiger partial charge in [-0.15, -0.1) is 0 Å². The Morgan fingerprint density at radius 3 is 2.92 bits per heavy atom. The third-order valence-corrected chi connectivity index (χ3v) is 4.15. The Morgan fingerprint density at radius 2 is 2.08 bits per heavy atom. The Morgan fingerprint density at radius 1 is 1.21 bits per heavy atom. The summed E-state index contributed by atoms with van der Waals surface area (Å²) in [6.45, 7) is 2.93. The summed E-state index contributed by atoms with van der Waals surface area (Å²) in [4.78, 5) is 4.23. The van der Waals surface area contributed by atoms with E-state index in [4.69, 9.17) is 9.47 Å². The zero-order valence-electron chi connectivity index (χ0n) is 14.1. The number of hydrogen-bond donors (Lipinski definition) is 2. The SMILES string of the molecule is CN=C(NCCOc1cccc2ccccc12)NCC1CCCO1. The van der Waals surface area contributed by atoms with Gasteiger partial charge in [-0.2, -0.15) is 0 Å². The van der Waals surface area contributed by atoms with E-state index in [1.54, 1.807) is 7.05 Å². The van der Waals surface area contributed by atoms with Gasteiger partial charge in [-0.25, -0.2) is 0 Å². The minimum Gasteiger partial charge on any atom is -0.491 e. The molecule has 24 heavy (non-hydrogen) atoms. The van der Waals surface area contributed by atoms with Crippen molar-refractivity contribution in [2.45, 2.75) is 18.9 Å². The molecule has 0 radical (unpaired) electrons. The molecular formula is C19H25N3O2. The second kappa shape index (κ2) is 8.55. The first-order valence-corrected chi connectivity index (χ1v) is 8.53. The van der Waals surface area contributed by atoms with Gasteiger partial charge in [0.05, 0.1) is 12.6 Å². The quantitative estimate of drug-likeness (QED) is 0.486. The fourth-order valence-corrected chi connectivity index (χ4v) is 2.89. The molecular weight excluding hydrogens is 302 g/mol. The molecule has 5 nitrogen and oxygen atoms in total. The number of nitrogens with one attached hydrogen (secondary N) is 2. The second-order valence-corrected chi connectivity index (χ2v) is 5.84. The molecule has 2 aromatic carbocycles. The van der Waals surface area contributed by atoms with Crippen molar-refractivity contribution >= 4 is 16.7 Å². The Labute approximate surface area is 143 Å². The molecule has 2 N–H and O–H groups in total. The van der Waals surface area contributed by atoms with Gasteiger partial charge < -0.3 is 20.1 Å². The molecule has 1 heterocycles. The number of fused-ring (bicyclic) bond motifs is 1. The molecule has 0 bridgehead atoms. The van der Waals surface area contributed by atoms with Gasteiger partial charge in [-0.3, -0.25) is 4.99 Å². The molecule has 3 rings (SSSR count). The van der Waals surface area contributed by atoms with Crippen molar-refractivity contribution in [1.29, 1.82) is 0 Å². The molecule has 0 saturated carbocycles. The maximum atomic E-state index is 5.92. The number of aliphatic imine (C=N–C) groups is 1. The molecule has 1 aliphatic rings. The van der Waals surface area contributed by atoms with Crippen LogP contribution < -0.4 is 15.4 Å². The van der Waals surface area contributed by atoms with Gasteiger partial charge in [-0.05, 0) is 24.3 Å². The zero-order valence-corrected chi connectivity index (χ0v) is 14.1. The van der Waals surface area contributed by atoms with E-state index in [0.29, 0.717) is 19.3 Å². The maximum Gasteiger partial charge on any atom is 0.191 e. The molecule has 0 aromatic heterocycles. The van der Waals surface area contributed by atoms with Crippen LogP contribution in [0, 0.1) is 0 Å². The van der Waals surface area contributed by atoms with Crippen LogP contribution in [-0.2, 0) is 4.74 Å². The Balaban J connectivity index is 1.43. The Hall–Kier alpha value is -2.27. The number of ether oxygens (including phenoxy) is 2. The summed E-state index contributed by atoms with van der Waals surface area (Å²) < 4.78 is 11.5. The van der Waals surface area contributed by atoms with Crippen LogP contribution in [0.1, 0.15) is 12.8 Å². The van der Waals surface area contributed by atoms with Gasteiger partial charge in [0.2, 0.25) is 0 Å². The van der Waals surface area contributed by atoms with E-state index < -0.39 is 0 Å². The average molecular weight is 327 g/mol. The van der Waals surface area contributed by atoms with Crippen LogP contribution in [-0.4, -0.2) is 45.4 Å². The highest BCUT2D eigenvalue weighted by molar-refractivity contribution is 5.88. The summed E-state index contributed by atoms with van der Waals surface area (Å²) in [5.74, 6) is 1.70.